The van der Waals surface area contributed by atoms with Crippen molar-refractivity contribution in [2.24, 2.45) is 0 Å². The highest BCUT2D eigenvalue weighted by Crippen LogP contribution is 2.33. The van der Waals surface area contributed by atoms with Crippen LogP contribution < -0.4 is 10.1 Å². The highest BCUT2D eigenvalue weighted by atomic mass is 32.1. The summed E-state index contributed by atoms with van der Waals surface area (Å²) in [7, 11) is 0. The highest BCUT2D eigenvalue weighted by Gasteiger charge is 2.19. The van der Waals surface area contributed by atoms with Gasteiger partial charge in [-0.1, -0.05) is 35.2 Å². The average Bonchev–Trinajstić information content (AvgIpc) is 3.47. The van der Waals surface area contributed by atoms with Gasteiger partial charge in [0.25, 0.3) is 11.8 Å². The molecule has 0 unspecified atom stereocenters. The van der Waals surface area contributed by atoms with E-state index in [9.17, 15) is 4.79 Å². The van der Waals surface area contributed by atoms with Crippen LogP contribution in [0.2, 0.25) is 0 Å². The summed E-state index contributed by atoms with van der Waals surface area (Å²) in [6.07, 6.45) is 1.66. The van der Waals surface area contributed by atoms with Gasteiger partial charge in [0.05, 0.1) is 10.6 Å². The second kappa shape index (κ2) is 8.38. The molecular formula is C20H16N4O3S2. The molecule has 0 fully saturated rings. The second-order valence-corrected chi connectivity index (χ2v) is 7.86. The second-order valence-electron chi connectivity index (χ2n) is 5.91. The number of thiazole rings is 1. The number of nitrogens with zero attached hydrogens (tertiary/aromatic N) is 3. The van der Waals surface area contributed by atoms with Crippen LogP contribution in [0.3, 0.4) is 0 Å². The van der Waals surface area contributed by atoms with Gasteiger partial charge >= 0.3 is 0 Å². The molecule has 29 heavy (non-hydrogen) atoms. The van der Waals surface area contributed by atoms with Gasteiger partial charge in [-0.3, -0.25) is 10.1 Å². The summed E-state index contributed by atoms with van der Waals surface area (Å²) in [5.74, 6) is 1.33. The predicted octanol–water partition coefficient (Wildman–Crippen LogP) is 5.05. The van der Waals surface area contributed by atoms with Gasteiger partial charge in [0.2, 0.25) is 5.82 Å². The van der Waals surface area contributed by atoms with Crippen molar-refractivity contribution in [3.63, 3.8) is 0 Å². The third kappa shape index (κ3) is 4.25. The zero-order chi connectivity index (χ0) is 20.2. The number of amides is 1. The van der Waals surface area contributed by atoms with E-state index in [1.54, 1.807) is 30.3 Å². The molecule has 0 spiro atoms. The quantitative estimate of drug-likeness (QED) is 0.418. The van der Waals surface area contributed by atoms with E-state index < -0.39 is 0 Å². The Morgan fingerprint density at radius 2 is 2.10 bits per heavy atom. The Kier molecular flexibility index (Phi) is 5.50. The smallest absolute Gasteiger partial charge is 0.270 e. The largest absolute Gasteiger partial charge is 0.490 e. The molecule has 1 N–H and O–H groups in total. The van der Waals surface area contributed by atoms with E-state index >= 15 is 0 Å². The predicted molar refractivity (Wildman–Crippen MR) is 114 cm³/mol. The van der Waals surface area contributed by atoms with E-state index in [2.05, 4.69) is 27.0 Å². The number of rotatable bonds is 7. The summed E-state index contributed by atoms with van der Waals surface area (Å²) in [5.41, 5.74) is 1.21. The van der Waals surface area contributed by atoms with Crippen molar-refractivity contribution in [1.82, 2.24) is 15.1 Å². The van der Waals surface area contributed by atoms with Gasteiger partial charge in [-0.25, -0.2) is 4.98 Å². The zero-order valence-corrected chi connectivity index (χ0v) is 17.0. The standard InChI is InChI=1S/C20H16N4O3S2/c1-3-10-26-14-8-6-13(7-9-14)18(25)23-20-21-12(2)16(29-20)19-22-17(24-27-19)15-5-4-11-28-15/h3-9,11H,1,10H2,2H3,(H,21,23,25). The van der Waals surface area contributed by atoms with Gasteiger partial charge in [-0.15, -0.1) is 11.3 Å². The number of ether oxygens (including phenoxy) is 1. The van der Waals surface area contributed by atoms with Crippen LogP contribution in [0.5, 0.6) is 5.75 Å². The topological polar surface area (TPSA) is 90.1 Å². The summed E-state index contributed by atoms with van der Waals surface area (Å²) in [4.78, 5) is 23.0. The number of aromatic nitrogens is 3. The monoisotopic (exact) mass is 424 g/mol. The fourth-order valence-corrected chi connectivity index (χ4v) is 4.03. The van der Waals surface area contributed by atoms with Crippen molar-refractivity contribution < 1.29 is 14.1 Å². The number of carbonyl (C=O) groups excluding carboxylic acids is 1. The molecular weight excluding hydrogens is 408 g/mol. The van der Waals surface area contributed by atoms with Crippen LogP contribution >= 0.6 is 22.7 Å². The first-order chi connectivity index (χ1) is 14.1. The number of hydrogen-bond acceptors (Lipinski definition) is 8. The van der Waals surface area contributed by atoms with E-state index in [4.69, 9.17) is 9.26 Å². The lowest BCUT2D eigenvalue weighted by atomic mass is 10.2. The Balaban J connectivity index is 1.48. The molecule has 9 heteroatoms. The minimum absolute atomic E-state index is 0.259. The van der Waals surface area contributed by atoms with Gasteiger partial charge < -0.3 is 9.26 Å². The average molecular weight is 425 g/mol. The molecule has 0 aliphatic rings. The summed E-state index contributed by atoms with van der Waals surface area (Å²) in [6, 6.07) is 10.7. The van der Waals surface area contributed by atoms with Crippen LogP contribution in [0.25, 0.3) is 21.5 Å². The summed E-state index contributed by atoms with van der Waals surface area (Å²) in [5, 5.41) is 9.25. The van der Waals surface area contributed by atoms with Crippen LogP contribution in [0.4, 0.5) is 5.13 Å². The number of anilines is 1. The van der Waals surface area contributed by atoms with Crippen molar-refractivity contribution in [2.45, 2.75) is 6.92 Å². The van der Waals surface area contributed by atoms with E-state index in [-0.39, 0.29) is 5.91 Å². The van der Waals surface area contributed by atoms with Crippen LogP contribution in [0, 0.1) is 6.92 Å². The Morgan fingerprint density at radius 1 is 1.28 bits per heavy atom. The summed E-state index contributed by atoms with van der Waals surface area (Å²) < 4.78 is 10.8. The fourth-order valence-electron chi connectivity index (χ4n) is 2.50. The van der Waals surface area contributed by atoms with Crippen LogP contribution in [-0.2, 0) is 0 Å². The lowest BCUT2D eigenvalue weighted by Crippen LogP contribution is -2.11. The number of thiophene rings is 1. The molecule has 1 aromatic carbocycles. The van der Waals surface area contributed by atoms with E-state index in [0.717, 1.165) is 9.75 Å². The van der Waals surface area contributed by atoms with E-state index in [0.29, 0.717) is 40.5 Å². The lowest BCUT2D eigenvalue weighted by Gasteiger charge is -2.05. The molecule has 4 aromatic rings. The van der Waals surface area contributed by atoms with E-state index in [1.165, 1.54) is 22.7 Å². The Morgan fingerprint density at radius 3 is 2.83 bits per heavy atom. The molecule has 0 aliphatic carbocycles. The fraction of sp³-hybridized carbons (Fsp3) is 0.100. The van der Waals surface area contributed by atoms with Crippen molar-refractivity contribution in [1.29, 1.82) is 0 Å². The molecule has 4 rings (SSSR count). The summed E-state index contributed by atoms with van der Waals surface area (Å²) >= 11 is 2.83. The Labute approximate surface area is 174 Å². The molecule has 0 saturated heterocycles. The van der Waals surface area contributed by atoms with Crippen molar-refractivity contribution >= 4 is 33.7 Å². The van der Waals surface area contributed by atoms with Gasteiger partial charge in [0.1, 0.15) is 17.2 Å². The molecule has 0 atom stereocenters. The van der Waals surface area contributed by atoms with Gasteiger partial charge in [0, 0.05) is 5.56 Å². The Bertz CT molecular complexity index is 1130. The molecule has 3 aromatic heterocycles. The molecule has 146 valence electrons. The first-order valence-electron chi connectivity index (χ1n) is 8.64. The molecule has 1 amide bonds. The number of nitrogens with one attached hydrogen (secondary N) is 1. The van der Waals surface area contributed by atoms with Gasteiger partial charge in [0.15, 0.2) is 5.13 Å². The van der Waals surface area contributed by atoms with Crippen LogP contribution in [0.15, 0.2) is 59.0 Å². The number of aryl methyl sites for hydroxylation is 1. The first-order valence-corrected chi connectivity index (χ1v) is 10.3. The van der Waals surface area contributed by atoms with Crippen molar-refractivity contribution in [2.75, 3.05) is 11.9 Å². The lowest BCUT2D eigenvalue weighted by molar-refractivity contribution is 0.102. The first kappa shape index (κ1) is 19.0. The van der Waals surface area contributed by atoms with Gasteiger partial charge in [-0.2, -0.15) is 4.98 Å². The van der Waals surface area contributed by atoms with Crippen LogP contribution in [-0.4, -0.2) is 27.6 Å². The number of benzene rings is 1. The van der Waals surface area contributed by atoms with Crippen molar-refractivity contribution in [3.8, 4) is 27.2 Å². The molecule has 0 saturated carbocycles. The highest BCUT2D eigenvalue weighted by molar-refractivity contribution is 7.19. The third-order valence-corrected chi connectivity index (χ3v) is 5.79. The number of hydrogen-bond donors (Lipinski definition) is 1. The molecule has 0 aliphatic heterocycles. The van der Waals surface area contributed by atoms with E-state index in [1.807, 2.05) is 24.4 Å². The van der Waals surface area contributed by atoms with Crippen molar-refractivity contribution in [3.05, 3.63) is 65.7 Å². The SMILES string of the molecule is C=CCOc1ccc(C(=O)Nc2nc(C)c(-c3nc(-c4cccs4)no3)s2)cc1. The van der Waals surface area contributed by atoms with Gasteiger partial charge in [-0.05, 0) is 42.6 Å². The maximum absolute atomic E-state index is 12.5. The molecule has 0 bridgehead atoms. The normalized spacial score (nSPS) is 10.7. The summed E-state index contributed by atoms with van der Waals surface area (Å²) in [6.45, 7) is 5.85. The number of carbonyl (C=O) groups is 1. The Hall–Kier alpha value is -3.30. The minimum Gasteiger partial charge on any atom is -0.490 e. The maximum Gasteiger partial charge on any atom is 0.270 e. The van der Waals surface area contributed by atoms with Crippen LogP contribution in [0.1, 0.15) is 16.1 Å². The minimum atomic E-state index is -0.259. The molecule has 3 heterocycles. The molecule has 7 nitrogen and oxygen atoms in total. The third-order valence-electron chi connectivity index (χ3n) is 3.86. The zero-order valence-electron chi connectivity index (χ0n) is 15.4. The molecule has 0 radical (unpaired) electrons. The maximum atomic E-state index is 12.5.